The van der Waals surface area contributed by atoms with Crippen LogP contribution in [0.15, 0.2) is 61.1 Å². The van der Waals surface area contributed by atoms with E-state index in [0.717, 1.165) is 21.9 Å². The van der Waals surface area contributed by atoms with Crippen LogP contribution in [-0.2, 0) is 0 Å². The van der Waals surface area contributed by atoms with Crippen molar-refractivity contribution in [3.8, 4) is 11.5 Å². The fourth-order valence-electron chi connectivity index (χ4n) is 2.28. The zero-order valence-corrected chi connectivity index (χ0v) is 10.6. The van der Waals surface area contributed by atoms with Gasteiger partial charge in [-0.15, -0.1) is 0 Å². The summed E-state index contributed by atoms with van der Waals surface area (Å²) in [5.74, 6) is 0.605. The van der Waals surface area contributed by atoms with Crippen LogP contribution in [0.25, 0.3) is 33.3 Å². The molecule has 3 heterocycles. The first kappa shape index (κ1) is 11.0. The van der Waals surface area contributed by atoms with E-state index in [-0.39, 0.29) is 0 Å². The Morgan fingerprint density at radius 3 is 2.60 bits per heavy atom. The molecule has 0 aliphatic carbocycles. The molecule has 0 aliphatic heterocycles. The molecule has 94 valence electrons. The third kappa shape index (κ3) is 1.70. The van der Waals surface area contributed by atoms with Crippen molar-refractivity contribution in [1.82, 2.24) is 19.9 Å². The minimum Gasteiger partial charge on any atom is -0.252 e. The van der Waals surface area contributed by atoms with Gasteiger partial charge in [0.1, 0.15) is 5.69 Å². The number of aromatic nitrogens is 4. The third-order valence-electron chi connectivity index (χ3n) is 3.24. The van der Waals surface area contributed by atoms with Crippen LogP contribution in [0.5, 0.6) is 0 Å². The summed E-state index contributed by atoms with van der Waals surface area (Å²) in [6.07, 6.45) is 5.30. The first-order chi connectivity index (χ1) is 9.92. The predicted octanol–water partition coefficient (Wildman–Crippen LogP) is 3.24. The number of rotatable bonds is 1. The lowest BCUT2D eigenvalue weighted by molar-refractivity contribution is 1.16. The van der Waals surface area contributed by atoms with Crippen LogP contribution in [-0.4, -0.2) is 19.9 Å². The largest absolute Gasteiger partial charge is 0.252 e. The maximum atomic E-state index is 4.51. The van der Waals surface area contributed by atoms with Crippen molar-refractivity contribution >= 4 is 21.8 Å². The fourth-order valence-corrected chi connectivity index (χ4v) is 2.28. The molecule has 0 atom stereocenters. The van der Waals surface area contributed by atoms with Gasteiger partial charge in [0.15, 0.2) is 11.5 Å². The molecule has 20 heavy (non-hydrogen) atoms. The molecule has 0 fully saturated rings. The van der Waals surface area contributed by atoms with Crippen molar-refractivity contribution in [2.24, 2.45) is 0 Å². The van der Waals surface area contributed by atoms with Crippen molar-refractivity contribution in [3.05, 3.63) is 61.1 Å². The Balaban J connectivity index is 2.01. The van der Waals surface area contributed by atoms with Gasteiger partial charge in [-0.05, 0) is 23.6 Å². The molecule has 0 N–H and O–H groups in total. The number of benzene rings is 1. The molecule has 4 nitrogen and oxygen atoms in total. The molecule has 0 amide bonds. The van der Waals surface area contributed by atoms with E-state index in [4.69, 9.17) is 0 Å². The first-order valence-corrected chi connectivity index (χ1v) is 6.34. The van der Waals surface area contributed by atoms with E-state index in [2.05, 4.69) is 26.0 Å². The molecule has 4 aromatic rings. The maximum absolute atomic E-state index is 4.51. The Morgan fingerprint density at radius 1 is 0.700 bits per heavy atom. The highest BCUT2D eigenvalue weighted by Crippen LogP contribution is 2.24. The van der Waals surface area contributed by atoms with E-state index >= 15 is 0 Å². The SMILES string of the molecule is c1cnc2nc(-c3nccc4ccccc34)ncc2c1. The molecule has 0 spiro atoms. The van der Waals surface area contributed by atoms with Crippen LogP contribution in [0.3, 0.4) is 0 Å². The Bertz CT molecular complexity index is 913. The van der Waals surface area contributed by atoms with E-state index < -0.39 is 0 Å². The summed E-state index contributed by atoms with van der Waals surface area (Å²) < 4.78 is 0. The van der Waals surface area contributed by atoms with Crippen LogP contribution in [0.2, 0.25) is 0 Å². The molecular formula is C16H10N4. The smallest absolute Gasteiger partial charge is 0.180 e. The Morgan fingerprint density at radius 2 is 1.60 bits per heavy atom. The molecule has 0 unspecified atom stereocenters. The van der Waals surface area contributed by atoms with Crippen LogP contribution >= 0.6 is 0 Å². The molecule has 0 aliphatic rings. The van der Waals surface area contributed by atoms with Crippen molar-refractivity contribution in [1.29, 1.82) is 0 Å². The number of pyridine rings is 2. The quantitative estimate of drug-likeness (QED) is 0.526. The fraction of sp³-hybridized carbons (Fsp3) is 0. The summed E-state index contributed by atoms with van der Waals surface area (Å²) in [5.41, 5.74) is 1.47. The van der Waals surface area contributed by atoms with Gasteiger partial charge in [-0.1, -0.05) is 24.3 Å². The van der Waals surface area contributed by atoms with Crippen LogP contribution in [0.1, 0.15) is 0 Å². The average molecular weight is 258 g/mol. The molecule has 0 saturated carbocycles. The number of hydrogen-bond acceptors (Lipinski definition) is 4. The third-order valence-corrected chi connectivity index (χ3v) is 3.24. The van der Waals surface area contributed by atoms with Crippen molar-refractivity contribution in [2.75, 3.05) is 0 Å². The van der Waals surface area contributed by atoms with Crippen molar-refractivity contribution in [2.45, 2.75) is 0 Å². The second-order valence-corrected chi connectivity index (χ2v) is 4.49. The van der Waals surface area contributed by atoms with E-state index in [1.807, 2.05) is 36.4 Å². The second-order valence-electron chi connectivity index (χ2n) is 4.49. The topological polar surface area (TPSA) is 51.6 Å². The van der Waals surface area contributed by atoms with E-state index in [9.17, 15) is 0 Å². The number of hydrogen-bond donors (Lipinski definition) is 0. The lowest BCUT2D eigenvalue weighted by atomic mass is 10.1. The molecule has 0 radical (unpaired) electrons. The van der Waals surface area contributed by atoms with Gasteiger partial charge in [0.25, 0.3) is 0 Å². The monoisotopic (exact) mass is 258 g/mol. The van der Waals surface area contributed by atoms with Gasteiger partial charge in [0.2, 0.25) is 0 Å². The second kappa shape index (κ2) is 4.35. The highest BCUT2D eigenvalue weighted by molar-refractivity contribution is 5.93. The molecule has 3 aromatic heterocycles. The summed E-state index contributed by atoms with van der Waals surface area (Å²) >= 11 is 0. The van der Waals surface area contributed by atoms with Crippen LogP contribution in [0.4, 0.5) is 0 Å². The Kier molecular flexibility index (Phi) is 2.39. The zero-order valence-electron chi connectivity index (χ0n) is 10.6. The minimum atomic E-state index is 0.605. The van der Waals surface area contributed by atoms with Crippen LogP contribution < -0.4 is 0 Å². The highest BCUT2D eigenvalue weighted by Gasteiger charge is 2.08. The predicted molar refractivity (Wildman–Crippen MR) is 78.1 cm³/mol. The molecule has 0 bridgehead atoms. The number of fused-ring (bicyclic) bond motifs is 2. The van der Waals surface area contributed by atoms with Crippen molar-refractivity contribution < 1.29 is 0 Å². The number of nitrogens with zero attached hydrogens (tertiary/aromatic N) is 4. The Hall–Kier alpha value is -2.88. The van der Waals surface area contributed by atoms with Gasteiger partial charge >= 0.3 is 0 Å². The van der Waals surface area contributed by atoms with Gasteiger partial charge in [-0.3, -0.25) is 4.98 Å². The van der Waals surface area contributed by atoms with E-state index in [1.54, 1.807) is 18.6 Å². The Labute approximate surface area is 115 Å². The highest BCUT2D eigenvalue weighted by atomic mass is 15.0. The van der Waals surface area contributed by atoms with E-state index in [1.165, 1.54) is 0 Å². The summed E-state index contributed by atoms with van der Waals surface area (Å²) in [6.45, 7) is 0. The molecule has 4 heteroatoms. The van der Waals surface area contributed by atoms with Gasteiger partial charge in [0, 0.05) is 29.4 Å². The standard InChI is InChI=1S/C16H10N4/c1-2-6-13-11(4-1)7-9-17-14(13)16-19-10-12-5-3-8-18-15(12)20-16/h1-10H. The summed E-state index contributed by atoms with van der Waals surface area (Å²) in [5, 5.41) is 3.10. The minimum absolute atomic E-state index is 0.605. The summed E-state index contributed by atoms with van der Waals surface area (Å²) in [6, 6.07) is 13.9. The average Bonchev–Trinajstić information content (AvgIpc) is 2.54. The molecule has 0 saturated heterocycles. The first-order valence-electron chi connectivity index (χ1n) is 6.34. The van der Waals surface area contributed by atoms with Crippen LogP contribution in [0, 0.1) is 0 Å². The maximum Gasteiger partial charge on any atom is 0.180 e. The van der Waals surface area contributed by atoms with Gasteiger partial charge in [0.05, 0.1) is 0 Å². The zero-order chi connectivity index (χ0) is 13.4. The molecule has 4 rings (SSSR count). The lowest BCUT2D eigenvalue weighted by Gasteiger charge is -2.04. The summed E-state index contributed by atoms with van der Waals surface area (Å²) in [4.78, 5) is 17.6. The van der Waals surface area contributed by atoms with Crippen molar-refractivity contribution in [3.63, 3.8) is 0 Å². The normalized spacial score (nSPS) is 11.0. The lowest BCUT2D eigenvalue weighted by Crippen LogP contribution is -1.94. The van der Waals surface area contributed by atoms with Gasteiger partial charge < -0.3 is 0 Å². The van der Waals surface area contributed by atoms with Gasteiger partial charge in [-0.25, -0.2) is 15.0 Å². The molecule has 1 aromatic carbocycles. The van der Waals surface area contributed by atoms with Gasteiger partial charge in [-0.2, -0.15) is 0 Å². The molecular weight excluding hydrogens is 248 g/mol. The summed E-state index contributed by atoms with van der Waals surface area (Å²) in [7, 11) is 0. The van der Waals surface area contributed by atoms with E-state index in [0.29, 0.717) is 11.5 Å².